The van der Waals surface area contributed by atoms with E-state index in [2.05, 4.69) is 15.1 Å². The Bertz CT molecular complexity index is 1290. The molecule has 9 heteroatoms. The van der Waals surface area contributed by atoms with Gasteiger partial charge in [0.15, 0.2) is 11.6 Å². The summed E-state index contributed by atoms with van der Waals surface area (Å²) in [7, 11) is 0. The minimum Gasteiger partial charge on any atom is -0.474 e. The number of halogens is 2. The quantitative estimate of drug-likeness (QED) is 0.415. The minimum atomic E-state index is -0.370. The number of rotatable bonds is 6. The fourth-order valence-electron chi connectivity index (χ4n) is 4.02. The van der Waals surface area contributed by atoms with Gasteiger partial charge in [-0.2, -0.15) is 0 Å². The number of carbonyl (C=O) groups is 1. The third-order valence-corrected chi connectivity index (χ3v) is 5.88. The maximum absolute atomic E-state index is 13.5. The van der Waals surface area contributed by atoms with Gasteiger partial charge in [0.2, 0.25) is 11.8 Å². The largest absolute Gasteiger partial charge is 0.474 e. The summed E-state index contributed by atoms with van der Waals surface area (Å²) in [4.78, 5) is 23.7. The van der Waals surface area contributed by atoms with Gasteiger partial charge >= 0.3 is 0 Å². The Morgan fingerprint density at radius 3 is 2.20 bits per heavy atom. The van der Waals surface area contributed by atoms with Gasteiger partial charge in [-0.1, -0.05) is 6.07 Å². The predicted octanol–water partition coefficient (Wildman–Crippen LogP) is 4.36. The molecule has 1 amide bonds. The fraction of sp³-hybridized carbons (Fsp3) is 0.231. The number of ether oxygens (including phenoxy) is 1. The van der Waals surface area contributed by atoms with Gasteiger partial charge in [-0.3, -0.25) is 4.79 Å². The molecule has 2 aromatic heterocycles. The Balaban J connectivity index is 1.31. The van der Waals surface area contributed by atoms with Crippen LogP contribution in [0.15, 0.2) is 72.9 Å². The number of benzene rings is 2. The summed E-state index contributed by atoms with van der Waals surface area (Å²) in [6, 6.07) is 17.2. The van der Waals surface area contributed by atoms with Crippen LogP contribution in [0.1, 0.15) is 12.8 Å². The molecular formula is C26H23F2N5O2. The molecule has 2 aromatic carbocycles. The van der Waals surface area contributed by atoms with E-state index in [0.29, 0.717) is 54.6 Å². The van der Waals surface area contributed by atoms with E-state index in [4.69, 9.17) is 4.74 Å². The number of amides is 1. The van der Waals surface area contributed by atoms with Crippen LogP contribution in [0.3, 0.4) is 0 Å². The van der Waals surface area contributed by atoms with Crippen molar-refractivity contribution in [1.29, 1.82) is 0 Å². The summed E-state index contributed by atoms with van der Waals surface area (Å²) in [5.41, 5.74) is 1.25. The molecule has 0 N–H and O–H groups in total. The van der Waals surface area contributed by atoms with Crippen molar-refractivity contribution in [3.8, 4) is 28.7 Å². The molecule has 1 aliphatic rings. The van der Waals surface area contributed by atoms with Crippen LogP contribution in [0, 0.1) is 11.6 Å². The van der Waals surface area contributed by atoms with Crippen molar-refractivity contribution in [2.24, 2.45) is 0 Å². The zero-order valence-electron chi connectivity index (χ0n) is 18.8. The second-order valence-corrected chi connectivity index (χ2v) is 8.30. The highest BCUT2D eigenvalue weighted by Crippen LogP contribution is 2.24. The van der Waals surface area contributed by atoms with Crippen LogP contribution in [-0.2, 0) is 11.3 Å². The minimum absolute atomic E-state index is 0.000162. The van der Waals surface area contributed by atoms with Gasteiger partial charge in [-0.25, -0.2) is 23.4 Å². The number of likely N-dealkylation sites (tertiary alicyclic amines) is 1. The number of aromatic nitrogens is 4. The molecule has 1 fully saturated rings. The molecule has 7 nitrogen and oxygen atoms in total. The third kappa shape index (κ3) is 5.34. The van der Waals surface area contributed by atoms with E-state index < -0.39 is 0 Å². The summed E-state index contributed by atoms with van der Waals surface area (Å²) in [5, 5.41) is 4.52. The summed E-state index contributed by atoms with van der Waals surface area (Å²) in [5.74, 6) is 0.547. The van der Waals surface area contributed by atoms with E-state index in [1.165, 1.54) is 28.9 Å². The molecule has 1 saturated heterocycles. The Labute approximate surface area is 201 Å². The molecule has 35 heavy (non-hydrogen) atoms. The van der Waals surface area contributed by atoms with Gasteiger partial charge in [-0.05, 0) is 54.6 Å². The van der Waals surface area contributed by atoms with Crippen molar-refractivity contribution < 1.29 is 18.3 Å². The SMILES string of the molecule is O=C(Cn1nc(-c2ccc(F)cc2)nc1-c1ccc(F)cc1)N1CCC(Oc2ccccn2)CC1. The van der Waals surface area contributed by atoms with Gasteiger partial charge in [0.1, 0.15) is 24.3 Å². The lowest BCUT2D eigenvalue weighted by molar-refractivity contribution is -0.133. The third-order valence-electron chi connectivity index (χ3n) is 5.88. The molecule has 178 valence electrons. The lowest BCUT2D eigenvalue weighted by Crippen LogP contribution is -2.43. The Morgan fingerprint density at radius 1 is 0.914 bits per heavy atom. The number of hydrogen-bond donors (Lipinski definition) is 0. The molecule has 4 aromatic rings. The molecule has 1 aliphatic heterocycles. The van der Waals surface area contributed by atoms with Crippen LogP contribution >= 0.6 is 0 Å². The van der Waals surface area contributed by atoms with Gasteiger partial charge in [0.25, 0.3) is 0 Å². The number of pyridine rings is 1. The number of hydrogen-bond acceptors (Lipinski definition) is 5. The van der Waals surface area contributed by atoms with E-state index in [0.717, 1.165) is 0 Å². The second kappa shape index (κ2) is 10.0. The van der Waals surface area contributed by atoms with E-state index in [9.17, 15) is 13.6 Å². The number of nitrogens with zero attached hydrogens (tertiary/aromatic N) is 5. The van der Waals surface area contributed by atoms with Gasteiger partial charge in [0.05, 0.1) is 0 Å². The first-order chi connectivity index (χ1) is 17.0. The Kier molecular flexibility index (Phi) is 6.47. The van der Waals surface area contributed by atoms with Crippen molar-refractivity contribution in [3.63, 3.8) is 0 Å². The highest BCUT2D eigenvalue weighted by Gasteiger charge is 2.26. The molecule has 0 spiro atoms. The molecule has 5 rings (SSSR count). The van der Waals surface area contributed by atoms with Crippen molar-refractivity contribution in [3.05, 3.63) is 84.6 Å². The van der Waals surface area contributed by atoms with Crippen molar-refractivity contribution in [1.82, 2.24) is 24.6 Å². The first kappa shape index (κ1) is 22.6. The zero-order chi connectivity index (χ0) is 24.2. The van der Waals surface area contributed by atoms with Gasteiger partial charge < -0.3 is 9.64 Å². The zero-order valence-corrected chi connectivity index (χ0v) is 18.8. The van der Waals surface area contributed by atoms with E-state index in [-0.39, 0.29) is 30.2 Å². The van der Waals surface area contributed by atoms with Crippen LogP contribution < -0.4 is 4.74 Å². The standard InChI is InChI=1S/C26H23F2N5O2/c27-20-8-4-18(5-9-20)25-30-26(19-6-10-21(28)11-7-19)33(31-25)17-24(34)32-15-12-22(13-16-32)35-23-3-1-2-14-29-23/h1-11,14,22H,12-13,15-17H2. The molecule has 0 aliphatic carbocycles. The highest BCUT2D eigenvalue weighted by molar-refractivity contribution is 5.77. The first-order valence-corrected chi connectivity index (χ1v) is 11.4. The molecule has 0 unspecified atom stereocenters. The van der Waals surface area contributed by atoms with Crippen LogP contribution in [0.4, 0.5) is 8.78 Å². The summed E-state index contributed by atoms with van der Waals surface area (Å²) in [6.45, 7) is 1.09. The highest BCUT2D eigenvalue weighted by atomic mass is 19.1. The van der Waals surface area contributed by atoms with Crippen LogP contribution in [0.2, 0.25) is 0 Å². The second-order valence-electron chi connectivity index (χ2n) is 8.30. The molecule has 3 heterocycles. The fourth-order valence-corrected chi connectivity index (χ4v) is 4.02. The lowest BCUT2D eigenvalue weighted by atomic mass is 10.1. The normalized spacial score (nSPS) is 14.2. The van der Waals surface area contributed by atoms with Gasteiger partial charge in [-0.15, -0.1) is 5.10 Å². The maximum Gasteiger partial charge on any atom is 0.244 e. The Hall–Kier alpha value is -4.14. The summed E-state index contributed by atoms with van der Waals surface area (Å²) in [6.07, 6.45) is 3.09. The van der Waals surface area contributed by atoms with Crippen LogP contribution in [-0.4, -0.2) is 49.7 Å². The van der Waals surface area contributed by atoms with E-state index >= 15 is 0 Å². The topological polar surface area (TPSA) is 73.1 Å². The smallest absolute Gasteiger partial charge is 0.244 e. The number of piperidine rings is 1. The van der Waals surface area contributed by atoms with Crippen molar-refractivity contribution in [2.45, 2.75) is 25.5 Å². The average molecular weight is 475 g/mol. The molecular weight excluding hydrogens is 452 g/mol. The van der Waals surface area contributed by atoms with Crippen LogP contribution in [0.5, 0.6) is 5.88 Å². The van der Waals surface area contributed by atoms with E-state index in [1.54, 1.807) is 35.4 Å². The van der Waals surface area contributed by atoms with Crippen molar-refractivity contribution >= 4 is 5.91 Å². The monoisotopic (exact) mass is 475 g/mol. The Morgan fingerprint density at radius 2 is 1.57 bits per heavy atom. The predicted molar refractivity (Wildman–Crippen MR) is 125 cm³/mol. The van der Waals surface area contributed by atoms with Gasteiger partial charge in [0, 0.05) is 49.3 Å². The molecule has 0 saturated carbocycles. The first-order valence-electron chi connectivity index (χ1n) is 11.4. The lowest BCUT2D eigenvalue weighted by Gasteiger charge is -2.32. The van der Waals surface area contributed by atoms with Crippen molar-refractivity contribution in [2.75, 3.05) is 13.1 Å². The summed E-state index contributed by atoms with van der Waals surface area (Å²) >= 11 is 0. The molecule has 0 bridgehead atoms. The van der Waals surface area contributed by atoms with E-state index in [1.807, 2.05) is 18.2 Å². The number of carbonyl (C=O) groups excluding carboxylic acids is 1. The van der Waals surface area contributed by atoms with Crippen LogP contribution in [0.25, 0.3) is 22.8 Å². The summed E-state index contributed by atoms with van der Waals surface area (Å²) < 4.78 is 34.3. The molecule has 0 radical (unpaired) electrons. The average Bonchev–Trinajstić information content (AvgIpc) is 3.29. The molecule has 0 atom stereocenters. The maximum atomic E-state index is 13.5.